The molecule has 0 unspecified atom stereocenters. The maximum absolute atomic E-state index is 13.3. The monoisotopic (exact) mass is 361 g/mol. The van der Waals surface area contributed by atoms with Gasteiger partial charge in [-0.15, -0.1) is 0 Å². The Balaban J connectivity index is 1.43. The first-order chi connectivity index (χ1) is 12.5. The van der Waals surface area contributed by atoms with Crippen molar-refractivity contribution in [3.63, 3.8) is 0 Å². The second-order valence-electron chi connectivity index (χ2n) is 6.59. The van der Waals surface area contributed by atoms with Gasteiger partial charge in [0.25, 0.3) is 5.91 Å². The van der Waals surface area contributed by atoms with E-state index in [1.165, 1.54) is 24.3 Å². The van der Waals surface area contributed by atoms with Crippen molar-refractivity contribution in [1.29, 1.82) is 0 Å². The van der Waals surface area contributed by atoms with E-state index in [1.54, 1.807) is 12.1 Å². The van der Waals surface area contributed by atoms with Crippen LogP contribution in [-0.4, -0.2) is 23.7 Å². The smallest absolute Gasteiger partial charge is 0.251 e. The number of hydrogen-bond donors (Lipinski definition) is 2. The predicted molar refractivity (Wildman–Crippen MR) is 93.2 cm³/mol. The molecule has 26 heavy (non-hydrogen) atoms. The van der Waals surface area contributed by atoms with Crippen molar-refractivity contribution in [2.45, 2.75) is 31.8 Å². The topological polar surface area (TPSA) is 58.6 Å². The molecular weight excluding hydrogens is 340 g/mol. The largest absolute Gasteiger partial charge is 0.505 e. The molecule has 1 fully saturated rings. The number of amides is 1. The average molecular weight is 361 g/mol. The van der Waals surface area contributed by atoms with Crippen LogP contribution in [0.5, 0.6) is 11.5 Å². The van der Waals surface area contributed by atoms with Crippen LogP contribution < -0.4 is 10.1 Å². The van der Waals surface area contributed by atoms with Gasteiger partial charge in [-0.3, -0.25) is 4.79 Å². The summed E-state index contributed by atoms with van der Waals surface area (Å²) in [6, 6.07) is 9.59. The van der Waals surface area contributed by atoms with Gasteiger partial charge in [0, 0.05) is 12.1 Å². The van der Waals surface area contributed by atoms with E-state index in [-0.39, 0.29) is 23.4 Å². The molecular formula is C20H21F2NO3. The number of ether oxygens (including phenoxy) is 1. The van der Waals surface area contributed by atoms with E-state index >= 15 is 0 Å². The molecule has 1 aliphatic rings. The Kier molecular flexibility index (Phi) is 5.71. The predicted octanol–water partition coefficient (Wildman–Crippen LogP) is 4.04. The third-order valence-electron chi connectivity index (χ3n) is 4.67. The fraction of sp³-hybridized carbons (Fsp3) is 0.350. The first-order valence-electron chi connectivity index (χ1n) is 8.70. The summed E-state index contributed by atoms with van der Waals surface area (Å²) in [6.07, 6.45) is 3.66. The van der Waals surface area contributed by atoms with Crippen LogP contribution in [0.15, 0.2) is 42.5 Å². The van der Waals surface area contributed by atoms with Crippen molar-refractivity contribution < 1.29 is 23.4 Å². The summed E-state index contributed by atoms with van der Waals surface area (Å²) >= 11 is 0. The Morgan fingerprint density at radius 1 is 1.08 bits per heavy atom. The van der Waals surface area contributed by atoms with Gasteiger partial charge in [0.15, 0.2) is 11.6 Å². The number of carbonyl (C=O) groups excluding carboxylic acids is 1. The van der Waals surface area contributed by atoms with Crippen molar-refractivity contribution in [3.05, 3.63) is 59.7 Å². The van der Waals surface area contributed by atoms with Gasteiger partial charge >= 0.3 is 0 Å². The molecule has 1 amide bonds. The van der Waals surface area contributed by atoms with Crippen LogP contribution in [0.1, 0.15) is 36.0 Å². The van der Waals surface area contributed by atoms with Gasteiger partial charge in [0.1, 0.15) is 11.6 Å². The quantitative estimate of drug-likeness (QED) is 0.845. The van der Waals surface area contributed by atoms with E-state index in [0.717, 1.165) is 31.7 Å². The van der Waals surface area contributed by atoms with Crippen molar-refractivity contribution in [1.82, 2.24) is 5.32 Å². The van der Waals surface area contributed by atoms with E-state index in [2.05, 4.69) is 5.32 Å². The van der Waals surface area contributed by atoms with Crippen molar-refractivity contribution in [2.75, 3.05) is 6.54 Å². The zero-order valence-corrected chi connectivity index (χ0v) is 14.3. The first-order valence-corrected chi connectivity index (χ1v) is 8.70. The van der Waals surface area contributed by atoms with Gasteiger partial charge in [-0.25, -0.2) is 8.78 Å². The van der Waals surface area contributed by atoms with Crippen LogP contribution in [0, 0.1) is 17.6 Å². The van der Waals surface area contributed by atoms with Gasteiger partial charge in [0.2, 0.25) is 0 Å². The van der Waals surface area contributed by atoms with E-state index in [0.29, 0.717) is 18.2 Å². The zero-order valence-electron chi connectivity index (χ0n) is 14.3. The molecule has 0 saturated heterocycles. The van der Waals surface area contributed by atoms with Gasteiger partial charge in [-0.1, -0.05) is 0 Å². The average Bonchev–Trinajstić information content (AvgIpc) is 2.65. The van der Waals surface area contributed by atoms with Crippen LogP contribution in [0.2, 0.25) is 0 Å². The van der Waals surface area contributed by atoms with E-state index < -0.39 is 11.6 Å². The standard InChI is InChI=1S/C20H21F2NO3/c21-15-4-8-17(9-5-15)26-16-6-1-13(2-7-16)12-23-20(25)14-3-10-19(24)18(22)11-14/h3-5,8-11,13,16,24H,1-2,6-7,12H2,(H,23,25)/t13-,16+. The summed E-state index contributed by atoms with van der Waals surface area (Å²) in [5.41, 5.74) is 0.189. The summed E-state index contributed by atoms with van der Waals surface area (Å²) in [7, 11) is 0. The second kappa shape index (κ2) is 8.17. The Bertz CT molecular complexity index is 756. The van der Waals surface area contributed by atoms with Crippen molar-refractivity contribution in [2.24, 2.45) is 5.92 Å². The normalized spacial score (nSPS) is 19.8. The lowest BCUT2D eigenvalue weighted by Crippen LogP contribution is -2.33. The van der Waals surface area contributed by atoms with Crippen LogP contribution >= 0.6 is 0 Å². The molecule has 0 aliphatic heterocycles. The van der Waals surface area contributed by atoms with Crippen LogP contribution in [0.25, 0.3) is 0 Å². The summed E-state index contributed by atoms with van der Waals surface area (Å²) in [4.78, 5) is 12.1. The molecule has 0 aromatic heterocycles. The number of aromatic hydroxyl groups is 1. The Morgan fingerprint density at radius 3 is 2.42 bits per heavy atom. The molecule has 138 valence electrons. The fourth-order valence-corrected chi connectivity index (χ4v) is 3.15. The molecule has 0 atom stereocenters. The van der Waals surface area contributed by atoms with E-state index in [1.807, 2.05) is 0 Å². The molecule has 2 aromatic rings. The third-order valence-corrected chi connectivity index (χ3v) is 4.67. The Labute approximate surface area is 150 Å². The second-order valence-corrected chi connectivity index (χ2v) is 6.59. The molecule has 2 N–H and O–H groups in total. The number of benzene rings is 2. The number of hydrogen-bond acceptors (Lipinski definition) is 3. The zero-order chi connectivity index (χ0) is 18.5. The highest BCUT2D eigenvalue weighted by molar-refractivity contribution is 5.94. The summed E-state index contributed by atoms with van der Waals surface area (Å²) in [5.74, 6) is -0.914. The van der Waals surface area contributed by atoms with Gasteiger partial charge in [0.05, 0.1) is 6.10 Å². The lowest BCUT2D eigenvalue weighted by atomic mass is 9.87. The lowest BCUT2D eigenvalue weighted by Gasteiger charge is -2.29. The number of halogens is 2. The molecule has 0 bridgehead atoms. The first kappa shape index (κ1) is 18.2. The summed E-state index contributed by atoms with van der Waals surface area (Å²) < 4.78 is 32.1. The maximum Gasteiger partial charge on any atom is 0.251 e. The van der Waals surface area contributed by atoms with Crippen LogP contribution in [-0.2, 0) is 0 Å². The van der Waals surface area contributed by atoms with Crippen molar-refractivity contribution in [3.8, 4) is 11.5 Å². The van der Waals surface area contributed by atoms with Crippen LogP contribution in [0.3, 0.4) is 0 Å². The number of carbonyl (C=O) groups is 1. The molecule has 0 spiro atoms. The molecule has 1 aliphatic carbocycles. The van der Waals surface area contributed by atoms with E-state index in [9.17, 15) is 13.6 Å². The highest BCUT2D eigenvalue weighted by Gasteiger charge is 2.23. The van der Waals surface area contributed by atoms with Crippen LogP contribution in [0.4, 0.5) is 8.78 Å². The number of phenolic OH excluding ortho intramolecular Hbond substituents is 1. The third kappa shape index (κ3) is 4.71. The summed E-state index contributed by atoms with van der Waals surface area (Å²) in [6.45, 7) is 0.518. The highest BCUT2D eigenvalue weighted by atomic mass is 19.1. The van der Waals surface area contributed by atoms with Gasteiger partial charge in [-0.05, 0) is 74.1 Å². The molecule has 0 radical (unpaired) electrons. The molecule has 6 heteroatoms. The molecule has 2 aromatic carbocycles. The van der Waals surface area contributed by atoms with E-state index in [4.69, 9.17) is 9.84 Å². The molecule has 0 heterocycles. The number of nitrogens with one attached hydrogen (secondary N) is 1. The number of phenols is 1. The molecule has 1 saturated carbocycles. The fourth-order valence-electron chi connectivity index (χ4n) is 3.15. The highest BCUT2D eigenvalue weighted by Crippen LogP contribution is 2.27. The number of rotatable bonds is 5. The lowest BCUT2D eigenvalue weighted by molar-refractivity contribution is 0.0928. The molecule has 3 rings (SSSR count). The molecule has 4 nitrogen and oxygen atoms in total. The van der Waals surface area contributed by atoms with Gasteiger partial charge in [-0.2, -0.15) is 0 Å². The minimum absolute atomic E-state index is 0.0959. The van der Waals surface area contributed by atoms with Gasteiger partial charge < -0.3 is 15.2 Å². The Morgan fingerprint density at radius 2 is 1.77 bits per heavy atom. The summed E-state index contributed by atoms with van der Waals surface area (Å²) in [5, 5.41) is 12.0. The minimum Gasteiger partial charge on any atom is -0.505 e. The maximum atomic E-state index is 13.3. The minimum atomic E-state index is -0.809. The SMILES string of the molecule is O=C(NC[C@H]1CC[C@@H](Oc2ccc(F)cc2)CC1)c1ccc(O)c(F)c1. The van der Waals surface area contributed by atoms with Crippen molar-refractivity contribution >= 4 is 5.91 Å². The Hall–Kier alpha value is -2.63.